The van der Waals surface area contributed by atoms with E-state index in [0.29, 0.717) is 18.3 Å². The molecular formula is C25H23N3O4S. The van der Waals surface area contributed by atoms with Gasteiger partial charge in [-0.25, -0.2) is 0 Å². The molecule has 0 saturated carbocycles. The lowest BCUT2D eigenvalue weighted by atomic mass is 10.0. The summed E-state index contributed by atoms with van der Waals surface area (Å²) in [6.45, 7) is 4.54. The van der Waals surface area contributed by atoms with Crippen molar-refractivity contribution in [2.45, 2.75) is 13.5 Å². The van der Waals surface area contributed by atoms with E-state index >= 15 is 0 Å². The molecule has 2 aromatic heterocycles. The third kappa shape index (κ3) is 4.97. The molecule has 1 aliphatic rings. The molecule has 0 radical (unpaired) electrons. The SMILES string of the molecule is CCOC(=O)C1CN(Cc2ccc(-c3noc(-c4ccc(Oc5ccccc5)cc4)n3)s2)C1. The number of thiophene rings is 1. The summed E-state index contributed by atoms with van der Waals surface area (Å²) in [5, 5.41) is 4.15. The lowest BCUT2D eigenvalue weighted by Gasteiger charge is -2.37. The molecular weight excluding hydrogens is 438 g/mol. The Morgan fingerprint density at radius 1 is 1.06 bits per heavy atom. The van der Waals surface area contributed by atoms with Gasteiger partial charge in [-0.3, -0.25) is 9.69 Å². The van der Waals surface area contributed by atoms with Crippen LogP contribution in [0.4, 0.5) is 0 Å². The fourth-order valence-corrected chi connectivity index (χ4v) is 4.62. The fraction of sp³-hybridized carbons (Fsp3) is 0.240. The molecule has 1 saturated heterocycles. The van der Waals surface area contributed by atoms with E-state index in [0.717, 1.165) is 41.6 Å². The topological polar surface area (TPSA) is 77.7 Å². The van der Waals surface area contributed by atoms with Gasteiger partial charge < -0.3 is 14.0 Å². The number of esters is 1. The number of ether oxygens (including phenoxy) is 2. The highest BCUT2D eigenvalue weighted by Crippen LogP contribution is 2.31. The van der Waals surface area contributed by atoms with Gasteiger partial charge >= 0.3 is 5.97 Å². The lowest BCUT2D eigenvalue weighted by molar-refractivity contribution is -0.154. The van der Waals surface area contributed by atoms with Crippen LogP contribution in [0.3, 0.4) is 0 Å². The van der Waals surface area contributed by atoms with Crippen LogP contribution in [0, 0.1) is 5.92 Å². The van der Waals surface area contributed by atoms with E-state index in [4.69, 9.17) is 14.0 Å². The van der Waals surface area contributed by atoms with E-state index in [9.17, 15) is 4.79 Å². The number of para-hydroxylation sites is 1. The van der Waals surface area contributed by atoms with Crippen LogP contribution in [0.1, 0.15) is 11.8 Å². The molecule has 1 fully saturated rings. The van der Waals surface area contributed by atoms with E-state index < -0.39 is 0 Å². The van der Waals surface area contributed by atoms with Crippen LogP contribution in [0.5, 0.6) is 11.5 Å². The van der Waals surface area contributed by atoms with Gasteiger partial charge in [-0.15, -0.1) is 11.3 Å². The van der Waals surface area contributed by atoms with Crippen LogP contribution in [0.15, 0.2) is 71.3 Å². The van der Waals surface area contributed by atoms with Crippen molar-refractivity contribution in [1.82, 2.24) is 15.0 Å². The third-order valence-electron chi connectivity index (χ3n) is 5.34. The summed E-state index contributed by atoms with van der Waals surface area (Å²) < 4.78 is 16.4. The van der Waals surface area contributed by atoms with Gasteiger partial charge in [0.25, 0.3) is 5.89 Å². The first-order valence-corrected chi connectivity index (χ1v) is 11.6. The number of rotatable bonds is 8. The minimum absolute atomic E-state index is 0.00590. The van der Waals surface area contributed by atoms with Crippen molar-refractivity contribution in [1.29, 1.82) is 0 Å². The standard InChI is InChI=1S/C25H23N3O4S/c1-2-30-25(29)18-14-28(15-18)16-21-12-13-22(33-21)23-26-24(32-27-23)17-8-10-20(11-9-17)31-19-6-4-3-5-7-19/h3-13,18H,2,14-16H2,1H3. The first-order chi connectivity index (χ1) is 16.2. The molecule has 0 atom stereocenters. The molecule has 4 aromatic rings. The van der Waals surface area contributed by atoms with E-state index in [-0.39, 0.29) is 11.9 Å². The molecule has 0 bridgehead atoms. The number of likely N-dealkylation sites (tertiary alicyclic amines) is 1. The predicted octanol–water partition coefficient (Wildman–Crippen LogP) is 5.25. The van der Waals surface area contributed by atoms with Crippen molar-refractivity contribution >= 4 is 17.3 Å². The van der Waals surface area contributed by atoms with Crippen LogP contribution in [0.25, 0.3) is 22.2 Å². The van der Waals surface area contributed by atoms with Gasteiger partial charge in [0.05, 0.1) is 17.4 Å². The number of nitrogens with zero attached hydrogens (tertiary/aromatic N) is 3. The van der Waals surface area contributed by atoms with Gasteiger partial charge in [-0.1, -0.05) is 23.4 Å². The average molecular weight is 462 g/mol. The quantitative estimate of drug-likeness (QED) is 0.332. The Bertz CT molecular complexity index is 1210. The van der Waals surface area contributed by atoms with Gasteiger partial charge in [0.1, 0.15) is 11.5 Å². The summed E-state index contributed by atoms with van der Waals surface area (Å²) in [6.07, 6.45) is 0. The van der Waals surface area contributed by atoms with Crippen molar-refractivity contribution < 1.29 is 18.8 Å². The van der Waals surface area contributed by atoms with E-state index in [1.807, 2.05) is 67.6 Å². The molecule has 8 heteroatoms. The average Bonchev–Trinajstić information content (AvgIpc) is 3.47. The van der Waals surface area contributed by atoms with Gasteiger partial charge in [0.2, 0.25) is 5.82 Å². The molecule has 1 aliphatic heterocycles. The molecule has 7 nitrogen and oxygen atoms in total. The Kier molecular flexibility index (Phi) is 6.19. The maximum absolute atomic E-state index is 11.8. The zero-order valence-corrected chi connectivity index (χ0v) is 19.0. The van der Waals surface area contributed by atoms with Crippen LogP contribution >= 0.6 is 11.3 Å². The van der Waals surface area contributed by atoms with Crippen LogP contribution in [-0.2, 0) is 16.1 Å². The highest BCUT2D eigenvalue weighted by molar-refractivity contribution is 7.15. The number of aromatic nitrogens is 2. The Morgan fingerprint density at radius 3 is 2.58 bits per heavy atom. The second-order valence-corrected chi connectivity index (χ2v) is 8.94. The van der Waals surface area contributed by atoms with Gasteiger partial charge in [0.15, 0.2) is 0 Å². The Morgan fingerprint density at radius 2 is 1.82 bits per heavy atom. The molecule has 0 unspecified atom stereocenters. The molecule has 0 aliphatic carbocycles. The summed E-state index contributed by atoms with van der Waals surface area (Å²) in [5.41, 5.74) is 0.830. The smallest absolute Gasteiger partial charge is 0.311 e. The fourth-order valence-electron chi connectivity index (χ4n) is 3.64. The first-order valence-electron chi connectivity index (χ1n) is 10.8. The largest absolute Gasteiger partial charge is 0.466 e. The molecule has 0 N–H and O–H groups in total. The molecule has 3 heterocycles. The zero-order valence-electron chi connectivity index (χ0n) is 18.1. The van der Waals surface area contributed by atoms with Crippen molar-refractivity contribution in [2.75, 3.05) is 19.7 Å². The van der Waals surface area contributed by atoms with Crippen molar-refractivity contribution in [3.05, 3.63) is 71.6 Å². The van der Waals surface area contributed by atoms with Gasteiger partial charge in [0, 0.05) is 30.1 Å². The van der Waals surface area contributed by atoms with Gasteiger partial charge in [-0.05, 0) is 55.5 Å². The predicted molar refractivity (Wildman–Crippen MR) is 125 cm³/mol. The number of carbonyl (C=O) groups is 1. The highest BCUT2D eigenvalue weighted by atomic mass is 32.1. The van der Waals surface area contributed by atoms with Crippen molar-refractivity contribution in [3.8, 4) is 33.7 Å². The Labute approximate surface area is 195 Å². The number of hydrogen-bond donors (Lipinski definition) is 0. The summed E-state index contributed by atoms with van der Waals surface area (Å²) in [4.78, 5) is 20.7. The van der Waals surface area contributed by atoms with Crippen LogP contribution in [0.2, 0.25) is 0 Å². The van der Waals surface area contributed by atoms with E-state index in [1.165, 1.54) is 4.88 Å². The summed E-state index contributed by atoms with van der Waals surface area (Å²) in [5.74, 6) is 2.45. The maximum atomic E-state index is 11.8. The summed E-state index contributed by atoms with van der Waals surface area (Å²) >= 11 is 1.63. The van der Waals surface area contributed by atoms with Gasteiger partial charge in [-0.2, -0.15) is 4.98 Å². The normalized spacial score (nSPS) is 14.1. The summed E-state index contributed by atoms with van der Waals surface area (Å²) in [7, 11) is 0. The number of hydrogen-bond acceptors (Lipinski definition) is 8. The maximum Gasteiger partial charge on any atom is 0.311 e. The summed E-state index contributed by atoms with van der Waals surface area (Å²) in [6, 6.07) is 21.3. The van der Waals surface area contributed by atoms with Crippen molar-refractivity contribution in [2.24, 2.45) is 5.92 Å². The Hall–Kier alpha value is -3.49. The van der Waals surface area contributed by atoms with E-state index in [1.54, 1.807) is 11.3 Å². The Balaban J connectivity index is 1.19. The molecule has 168 valence electrons. The van der Waals surface area contributed by atoms with Crippen LogP contribution in [-0.4, -0.2) is 40.7 Å². The van der Waals surface area contributed by atoms with E-state index in [2.05, 4.69) is 21.1 Å². The molecule has 5 rings (SSSR count). The monoisotopic (exact) mass is 461 g/mol. The zero-order chi connectivity index (χ0) is 22.6. The second-order valence-electron chi connectivity index (χ2n) is 7.77. The minimum Gasteiger partial charge on any atom is -0.466 e. The molecule has 2 aromatic carbocycles. The van der Waals surface area contributed by atoms with Crippen molar-refractivity contribution in [3.63, 3.8) is 0 Å². The molecule has 0 spiro atoms. The van der Waals surface area contributed by atoms with Crippen LogP contribution < -0.4 is 4.74 Å². The molecule has 33 heavy (non-hydrogen) atoms. The number of benzene rings is 2. The molecule has 0 amide bonds. The lowest BCUT2D eigenvalue weighted by Crippen LogP contribution is -2.50. The number of carbonyl (C=O) groups excluding carboxylic acids is 1. The highest BCUT2D eigenvalue weighted by Gasteiger charge is 2.33. The first kappa shape index (κ1) is 21.4. The third-order valence-corrected chi connectivity index (χ3v) is 6.41. The second kappa shape index (κ2) is 9.56. The minimum atomic E-state index is -0.0976.